The standard InChI is InChI=1S/C17H24N6OS/c1-11(2)9-19-15(24)12(3)25-10-14-21-16(18)23-17(22-14)20-13-7-5-4-6-8-13/h4-8,11-12H,9-10H2,1-3H3,(H,19,24)(H3,18,20,21,22,23). The minimum absolute atomic E-state index is 0.0170. The summed E-state index contributed by atoms with van der Waals surface area (Å²) in [6, 6.07) is 9.59. The molecule has 1 atom stereocenters. The lowest BCUT2D eigenvalue weighted by atomic mass is 10.2. The van der Waals surface area contributed by atoms with Crippen molar-refractivity contribution in [1.82, 2.24) is 20.3 Å². The van der Waals surface area contributed by atoms with Gasteiger partial charge >= 0.3 is 0 Å². The summed E-state index contributed by atoms with van der Waals surface area (Å²) in [6.45, 7) is 6.67. The molecule has 0 bridgehead atoms. The number of amides is 1. The fourth-order valence-corrected chi connectivity index (χ4v) is 2.70. The van der Waals surface area contributed by atoms with Gasteiger partial charge in [-0.2, -0.15) is 15.0 Å². The number of nitrogen functional groups attached to an aromatic ring is 1. The van der Waals surface area contributed by atoms with Crippen molar-refractivity contribution < 1.29 is 4.79 Å². The summed E-state index contributed by atoms with van der Waals surface area (Å²) >= 11 is 1.46. The van der Waals surface area contributed by atoms with Gasteiger partial charge in [0.25, 0.3) is 0 Å². The van der Waals surface area contributed by atoms with E-state index in [1.165, 1.54) is 11.8 Å². The van der Waals surface area contributed by atoms with E-state index in [-0.39, 0.29) is 17.1 Å². The van der Waals surface area contributed by atoms with Crippen molar-refractivity contribution in [3.63, 3.8) is 0 Å². The number of carbonyl (C=O) groups excluding carboxylic acids is 1. The monoisotopic (exact) mass is 360 g/mol. The molecule has 0 aliphatic carbocycles. The van der Waals surface area contributed by atoms with Crippen molar-refractivity contribution in [2.75, 3.05) is 17.6 Å². The third-order valence-corrected chi connectivity index (χ3v) is 4.38. The van der Waals surface area contributed by atoms with Crippen molar-refractivity contribution in [2.45, 2.75) is 31.8 Å². The van der Waals surface area contributed by atoms with Gasteiger partial charge in [-0.05, 0) is 25.0 Å². The molecule has 134 valence electrons. The second-order valence-corrected chi connectivity index (χ2v) is 7.35. The van der Waals surface area contributed by atoms with E-state index in [4.69, 9.17) is 5.73 Å². The maximum atomic E-state index is 12.0. The molecule has 7 nitrogen and oxygen atoms in total. The van der Waals surface area contributed by atoms with Crippen LogP contribution in [0, 0.1) is 5.92 Å². The first-order valence-corrected chi connectivity index (χ1v) is 9.20. The fourth-order valence-electron chi connectivity index (χ4n) is 1.93. The highest BCUT2D eigenvalue weighted by molar-refractivity contribution is 7.99. The van der Waals surface area contributed by atoms with Crippen LogP contribution in [0.5, 0.6) is 0 Å². The molecular formula is C17H24N6OS. The van der Waals surface area contributed by atoms with Crippen LogP contribution in [-0.2, 0) is 10.5 Å². The van der Waals surface area contributed by atoms with Gasteiger partial charge in [0.2, 0.25) is 17.8 Å². The van der Waals surface area contributed by atoms with Gasteiger partial charge in [-0.3, -0.25) is 4.79 Å². The summed E-state index contributed by atoms with van der Waals surface area (Å²) in [5.41, 5.74) is 6.64. The number of carbonyl (C=O) groups is 1. The number of nitrogens with two attached hydrogens (primary N) is 1. The Morgan fingerprint density at radius 3 is 2.56 bits per heavy atom. The molecule has 0 aliphatic rings. The molecule has 2 aromatic rings. The molecule has 1 aromatic carbocycles. The first-order valence-electron chi connectivity index (χ1n) is 8.16. The topological polar surface area (TPSA) is 106 Å². The van der Waals surface area contributed by atoms with E-state index in [9.17, 15) is 4.79 Å². The molecule has 1 heterocycles. The second-order valence-electron chi connectivity index (χ2n) is 6.02. The normalized spacial score (nSPS) is 12.0. The third-order valence-electron chi connectivity index (χ3n) is 3.25. The lowest BCUT2D eigenvalue weighted by Crippen LogP contribution is -2.33. The lowest BCUT2D eigenvalue weighted by molar-refractivity contribution is -0.120. The van der Waals surface area contributed by atoms with Gasteiger partial charge in [0, 0.05) is 12.2 Å². The van der Waals surface area contributed by atoms with Crippen LogP contribution < -0.4 is 16.4 Å². The predicted molar refractivity (Wildman–Crippen MR) is 103 cm³/mol. The minimum Gasteiger partial charge on any atom is -0.368 e. The maximum Gasteiger partial charge on any atom is 0.232 e. The highest BCUT2D eigenvalue weighted by Gasteiger charge is 2.15. The van der Waals surface area contributed by atoms with Gasteiger partial charge in [0.15, 0.2) is 0 Å². The van der Waals surface area contributed by atoms with Gasteiger partial charge < -0.3 is 16.4 Å². The molecule has 8 heteroatoms. The zero-order chi connectivity index (χ0) is 18.2. The number of anilines is 3. The Labute approximate surface area is 152 Å². The quantitative estimate of drug-likeness (QED) is 0.664. The molecule has 0 fully saturated rings. The molecular weight excluding hydrogens is 336 g/mol. The number of nitrogens with one attached hydrogen (secondary N) is 2. The summed E-state index contributed by atoms with van der Waals surface area (Å²) in [6.07, 6.45) is 0. The summed E-state index contributed by atoms with van der Waals surface area (Å²) in [5.74, 6) is 2.01. The molecule has 0 aliphatic heterocycles. The number of hydrogen-bond acceptors (Lipinski definition) is 7. The van der Waals surface area contributed by atoms with Crippen molar-refractivity contribution in [3.05, 3.63) is 36.2 Å². The summed E-state index contributed by atoms with van der Waals surface area (Å²) in [7, 11) is 0. The van der Waals surface area contributed by atoms with E-state index in [0.29, 0.717) is 30.0 Å². The molecule has 2 rings (SSSR count). The fraction of sp³-hybridized carbons (Fsp3) is 0.412. The first kappa shape index (κ1) is 19.0. The highest BCUT2D eigenvalue weighted by atomic mass is 32.2. The van der Waals surface area contributed by atoms with Crippen LogP contribution in [0.1, 0.15) is 26.6 Å². The van der Waals surface area contributed by atoms with Crippen LogP contribution >= 0.6 is 11.8 Å². The average molecular weight is 360 g/mol. The summed E-state index contributed by atoms with van der Waals surface area (Å²) < 4.78 is 0. The number of aromatic nitrogens is 3. The van der Waals surface area contributed by atoms with Crippen molar-refractivity contribution in [3.8, 4) is 0 Å². The van der Waals surface area contributed by atoms with E-state index in [0.717, 1.165) is 5.69 Å². The third kappa shape index (κ3) is 6.58. The van der Waals surface area contributed by atoms with Crippen LogP contribution in [0.2, 0.25) is 0 Å². The number of thioether (sulfide) groups is 1. The molecule has 0 saturated carbocycles. The molecule has 1 aromatic heterocycles. The number of nitrogens with zero attached hydrogens (tertiary/aromatic N) is 3. The number of para-hydroxylation sites is 1. The summed E-state index contributed by atoms with van der Waals surface area (Å²) in [5, 5.41) is 5.83. The Kier molecular flexibility index (Phi) is 7.00. The van der Waals surface area contributed by atoms with Crippen LogP contribution in [0.25, 0.3) is 0 Å². The second kappa shape index (κ2) is 9.22. The molecule has 0 radical (unpaired) electrons. The van der Waals surface area contributed by atoms with Gasteiger partial charge in [-0.25, -0.2) is 0 Å². The Hall–Kier alpha value is -2.35. The number of rotatable bonds is 8. The smallest absolute Gasteiger partial charge is 0.232 e. The minimum atomic E-state index is -0.192. The zero-order valence-corrected chi connectivity index (χ0v) is 15.5. The van der Waals surface area contributed by atoms with E-state index in [1.54, 1.807) is 0 Å². The van der Waals surface area contributed by atoms with Crippen molar-refractivity contribution in [1.29, 1.82) is 0 Å². The number of benzene rings is 1. The SMILES string of the molecule is CC(C)CNC(=O)C(C)SCc1nc(N)nc(Nc2ccccc2)n1. The maximum absolute atomic E-state index is 12.0. The lowest BCUT2D eigenvalue weighted by Gasteiger charge is -2.13. The van der Waals surface area contributed by atoms with E-state index in [1.807, 2.05) is 37.3 Å². The van der Waals surface area contributed by atoms with Gasteiger partial charge in [-0.1, -0.05) is 32.0 Å². The van der Waals surface area contributed by atoms with Gasteiger partial charge in [0.05, 0.1) is 11.0 Å². The molecule has 1 amide bonds. The predicted octanol–water partition coefficient (Wildman–Crippen LogP) is 2.59. The van der Waals surface area contributed by atoms with E-state index in [2.05, 4.69) is 39.4 Å². The van der Waals surface area contributed by atoms with E-state index >= 15 is 0 Å². The molecule has 0 spiro atoms. The van der Waals surface area contributed by atoms with Crippen molar-refractivity contribution >= 4 is 35.3 Å². The zero-order valence-electron chi connectivity index (χ0n) is 14.7. The van der Waals surface area contributed by atoms with Crippen LogP contribution in [0.15, 0.2) is 30.3 Å². The summed E-state index contributed by atoms with van der Waals surface area (Å²) in [4.78, 5) is 24.6. The van der Waals surface area contributed by atoms with Crippen LogP contribution in [0.4, 0.5) is 17.6 Å². The van der Waals surface area contributed by atoms with Crippen LogP contribution in [0.3, 0.4) is 0 Å². The Morgan fingerprint density at radius 2 is 1.88 bits per heavy atom. The Morgan fingerprint density at radius 1 is 1.16 bits per heavy atom. The molecule has 25 heavy (non-hydrogen) atoms. The van der Waals surface area contributed by atoms with Crippen LogP contribution in [-0.4, -0.2) is 32.7 Å². The molecule has 0 saturated heterocycles. The molecule has 1 unspecified atom stereocenters. The molecule has 4 N–H and O–H groups in total. The largest absolute Gasteiger partial charge is 0.368 e. The van der Waals surface area contributed by atoms with Gasteiger partial charge in [-0.15, -0.1) is 11.8 Å². The van der Waals surface area contributed by atoms with Crippen molar-refractivity contribution in [2.24, 2.45) is 5.92 Å². The Bertz CT molecular complexity index is 695. The Balaban J connectivity index is 1.94. The number of hydrogen-bond donors (Lipinski definition) is 3. The first-order chi connectivity index (χ1) is 11.9. The van der Waals surface area contributed by atoms with E-state index < -0.39 is 0 Å². The van der Waals surface area contributed by atoms with Gasteiger partial charge in [0.1, 0.15) is 5.82 Å². The highest BCUT2D eigenvalue weighted by Crippen LogP contribution is 2.18. The average Bonchev–Trinajstić information content (AvgIpc) is 2.58.